The van der Waals surface area contributed by atoms with E-state index in [4.69, 9.17) is 4.74 Å². The van der Waals surface area contributed by atoms with Crippen molar-refractivity contribution in [2.24, 2.45) is 0 Å². The molecule has 0 amide bonds. The van der Waals surface area contributed by atoms with Gasteiger partial charge in [0.2, 0.25) is 0 Å². The lowest BCUT2D eigenvalue weighted by molar-refractivity contribution is 0.479. The second-order valence-electron chi connectivity index (χ2n) is 3.97. The van der Waals surface area contributed by atoms with Crippen molar-refractivity contribution in [1.82, 2.24) is 10.3 Å². The zero-order valence-electron chi connectivity index (χ0n) is 10.5. The second kappa shape index (κ2) is 7.03. The fourth-order valence-electron chi connectivity index (χ4n) is 1.58. The van der Waals surface area contributed by atoms with Crippen molar-refractivity contribution in [3.63, 3.8) is 0 Å². The highest BCUT2D eigenvalue weighted by atomic mass is 79.9. The summed E-state index contributed by atoms with van der Waals surface area (Å²) in [6.07, 6.45) is 3.41. The molecule has 0 radical (unpaired) electrons. The largest absolute Gasteiger partial charge is 0.456 e. The van der Waals surface area contributed by atoms with E-state index in [9.17, 15) is 0 Å². The van der Waals surface area contributed by atoms with Gasteiger partial charge in [-0.3, -0.25) is 4.98 Å². The van der Waals surface area contributed by atoms with E-state index in [0.29, 0.717) is 5.75 Å². The molecule has 0 aliphatic carbocycles. The lowest BCUT2D eigenvalue weighted by Gasteiger charge is -2.09. The maximum atomic E-state index is 5.76. The van der Waals surface area contributed by atoms with Crippen LogP contribution >= 0.6 is 31.9 Å². The average molecular weight is 386 g/mol. The van der Waals surface area contributed by atoms with Crippen LogP contribution in [0.2, 0.25) is 0 Å². The molecule has 0 fully saturated rings. The van der Waals surface area contributed by atoms with Crippen LogP contribution in [0.3, 0.4) is 0 Å². The minimum Gasteiger partial charge on any atom is -0.456 e. The Bertz CT molecular complexity index is 561. The predicted octanol–water partition coefficient (Wildman–Crippen LogP) is 4.51. The van der Waals surface area contributed by atoms with Gasteiger partial charge in [-0.2, -0.15) is 0 Å². The van der Waals surface area contributed by atoms with Crippen molar-refractivity contribution in [2.45, 2.75) is 13.5 Å². The molecule has 0 aliphatic heterocycles. The van der Waals surface area contributed by atoms with E-state index in [1.54, 1.807) is 12.4 Å². The molecule has 2 aromatic rings. The van der Waals surface area contributed by atoms with Gasteiger partial charge in [-0.25, -0.2) is 0 Å². The van der Waals surface area contributed by atoms with Gasteiger partial charge in [-0.1, -0.05) is 28.9 Å². The van der Waals surface area contributed by atoms with Gasteiger partial charge in [0.05, 0.1) is 6.20 Å². The smallest absolute Gasteiger partial charge is 0.146 e. The van der Waals surface area contributed by atoms with Crippen LogP contribution < -0.4 is 10.1 Å². The lowest BCUT2D eigenvalue weighted by Crippen LogP contribution is -2.11. The summed E-state index contributed by atoms with van der Waals surface area (Å²) < 4.78 is 7.69. The van der Waals surface area contributed by atoms with E-state index in [2.05, 4.69) is 49.1 Å². The Morgan fingerprint density at radius 1 is 1.16 bits per heavy atom. The summed E-state index contributed by atoms with van der Waals surface area (Å²) in [6.45, 7) is 3.88. The average Bonchev–Trinajstić information content (AvgIpc) is 2.38. The Labute approximate surface area is 129 Å². The first-order valence-electron chi connectivity index (χ1n) is 5.96. The first-order chi connectivity index (χ1) is 9.19. The predicted molar refractivity (Wildman–Crippen MR) is 83.5 cm³/mol. The molecule has 0 spiro atoms. The molecule has 5 heteroatoms. The first kappa shape index (κ1) is 14.5. The Balaban J connectivity index is 2.11. The summed E-state index contributed by atoms with van der Waals surface area (Å²) in [5, 5.41) is 3.29. The quantitative estimate of drug-likeness (QED) is 0.822. The summed E-state index contributed by atoms with van der Waals surface area (Å²) >= 11 is 6.93. The molecule has 3 nitrogen and oxygen atoms in total. The van der Waals surface area contributed by atoms with Gasteiger partial charge in [0.15, 0.2) is 0 Å². The SMILES string of the molecule is CCNCc1ccc(Oc2cncc(Br)c2)cc1Br. The van der Waals surface area contributed by atoms with Crippen LogP contribution in [0.4, 0.5) is 0 Å². The van der Waals surface area contributed by atoms with Crippen molar-refractivity contribution in [1.29, 1.82) is 0 Å². The van der Waals surface area contributed by atoms with Crippen LogP contribution in [0.5, 0.6) is 11.5 Å². The maximum absolute atomic E-state index is 5.76. The Morgan fingerprint density at radius 2 is 2.00 bits per heavy atom. The number of ether oxygens (including phenoxy) is 1. The molecule has 0 atom stereocenters. The van der Waals surface area contributed by atoms with Crippen molar-refractivity contribution >= 4 is 31.9 Å². The molecule has 0 saturated carbocycles. The van der Waals surface area contributed by atoms with Gasteiger partial charge >= 0.3 is 0 Å². The van der Waals surface area contributed by atoms with Gasteiger partial charge < -0.3 is 10.1 Å². The number of aromatic nitrogens is 1. The zero-order chi connectivity index (χ0) is 13.7. The van der Waals surface area contributed by atoms with Crippen LogP contribution in [0.1, 0.15) is 12.5 Å². The Kier molecular flexibility index (Phi) is 5.36. The standard InChI is InChI=1S/C14H14Br2N2O/c1-2-17-7-10-3-4-12(6-14(10)16)19-13-5-11(15)8-18-9-13/h3-6,8-9,17H,2,7H2,1H3. The van der Waals surface area contributed by atoms with Crippen molar-refractivity contribution in [3.05, 3.63) is 51.2 Å². The third-order valence-electron chi connectivity index (χ3n) is 2.51. The van der Waals surface area contributed by atoms with Crippen molar-refractivity contribution < 1.29 is 4.74 Å². The molecule has 1 aromatic carbocycles. The third kappa shape index (κ3) is 4.30. The van der Waals surface area contributed by atoms with Crippen molar-refractivity contribution in [2.75, 3.05) is 6.54 Å². The Hall–Kier alpha value is -0.910. The summed E-state index contributed by atoms with van der Waals surface area (Å²) in [6, 6.07) is 7.85. The van der Waals surface area contributed by atoms with Crippen LogP contribution in [-0.4, -0.2) is 11.5 Å². The summed E-state index contributed by atoms with van der Waals surface area (Å²) in [5.74, 6) is 1.49. The van der Waals surface area contributed by atoms with E-state index in [0.717, 1.165) is 27.8 Å². The number of benzene rings is 1. The number of hydrogen-bond acceptors (Lipinski definition) is 3. The van der Waals surface area contributed by atoms with Crippen LogP contribution in [0, 0.1) is 0 Å². The minimum atomic E-state index is 0.709. The van der Waals surface area contributed by atoms with Gasteiger partial charge in [0, 0.05) is 21.7 Å². The normalized spacial score (nSPS) is 10.5. The molecule has 0 aliphatic rings. The fourth-order valence-corrected chi connectivity index (χ4v) is 2.42. The number of rotatable bonds is 5. The second-order valence-corrected chi connectivity index (χ2v) is 5.74. The van der Waals surface area contributed by atoms with E-state index in [1.165, 1.54) is 5.56 Å². The molecule has 100 valence electrons. The van der Waals surface area contributed by atoms with Crippen LogP contribution in [-0.2, 0) is 6.54 Å². The van der Waals surface area contributed by atoms with E-state index >= 15 is 0 Å². The summed E-state index contributed by atoms with van der Waals surface area (Å²) in [5.41, 5.74) is 1.21. The molecular formula is C14H14Br2N2O. The van der Waals surface area contributed by atoms with E-state index in [-0.39, 0.29) is 0 Å². The maximum Gasteiger partial charge on any atom is 0.146 e. The van der Waals surface area contributed by atoms with E-state index in [1.807, 2.05) is 24.3 Å². The van der Waals surface area contributed by atoms with Crippen LogP contribution in [0.25, 0.3) is 0 Å². The van der Waals surface area contributed by atoms with Gasteiger partial charge in [0.25, 0.3) is 0 Å². The number of pyridine rings is 1. The highest BCUT2D eigenvalue weighted by molar-refractivity contribution is 9.10. The molecule has 1 N–H and O–H groups in total. The van der Waals surface area contributed by atoms with Gasteiger partial charge in [-0.05, 0) is 46.2 Å². The summed E-state index contributed by atoms with van der Waals surface area (Å²) in [4.78, 5) is 4.07. The molecule has 1 heterocycles. The highest BCUT2D eigenvalue weighted by Crippen LogP contribution is 2.27. The Morgan fingerprint density at radius 3 is 2.68 bits per heavy atom. The van der Waals surface area contributed by atoms with Crippen LogP contribution in [0.15, 0.2) is 45.6 Å². The zero-order valence-corrected chi connectivity index (χ0v) is 13.7. The monoisotopic (exact) mass is 384 g/mol. The minimum absolute atomic E-state index is 0.709. The molecule has 0 bridgehead atoms. The molecule has 0 unspecified atom stereocenters. The topological polar surface area (TPSA) is 34.1 Å². The number of nitrogens with one attached hydrogen (secondary N) is 1. The number of nitrogens with zero attached hydrogens (tertiary/aromatic N) is 1. The number of halogens is 2. The fraction of sp³-hybridized carbons (Fsp3) is 0.214. The van der Waals surface area contributed by atoms with E-state index < -0.39 is 0 Å². The molecule has 19 heavy (non-hydrogen) atoms. The first-order valence-corrected chi connectivity index (χ1v) is 7.55. The molecular weight excluding hydrogens is 372 g/mol. The molecule has 2 rings (SSSR count). The highest BCUT2D eigenvalue weighted by Gasteiger charge is 2.03. The third-order valence-corrected chi connectivity index (χ3v) is 3.68. The van der Waals surface area contributed by atoms with Gasteiger partial charge in [0.1, 0.15) is 11.5 Å². The van der Waals surface area contributed by atoms with Gasteiger partial charge in [-0.15, -0.1) is 0 Å². The summed E-state index contributed by atoms with van der Waals surface area (Å²) in [7, 11) is 0. The lowest BCUT2D eigenvalue weighted by atomic mass is 10.2. The van der Waals surface area contributed by atoms with Crippen molar-refractivity contribution in [3.8, 4) is 11.5 Å². The molecule has 0 saturated heterocycles. The molecule has 1 aromatic heterocycles. The number of hydrogen-bond donors (Lipinski definition) is 1.